The van der Waals surface area contributed by atoms with Crippen LogP contribution < -0.4 is 0 Å². The third-order valence-corrected chi connectivity index (χ3v) is 3.65. The Morgan fingerprint density at radius 2 is 0.680 bits per heavy atom. The van der Waals surface area contributed by atoms with E-state index in [9.17, 15) is 0 Å². The van der Waals surface area contributed by atoms with E-state index >= 15 is 0 Å². The van der Waals surface area contributed by atoms with Gasteiger partial charge in [-0.15, -0.1) is 0 Å². The molecule has 0 saturated carbocycles. The highest BCUT2D eigenvalue weighted by Gasteiger charge is 2.25. The highest BCUT2D eigenvalue weighted by Crippen LogP contribution is 2.19. The summed E-state index contributed by atoms with van der Waals surface area (Å²) in [7, 11) is 0. The van der Waals surface area contributed by atoms with E-state index in [2.05, 4.69) is 0 Å². The molecule has 0 bridgehead atoms. The number of rotatable bonds is 18. The van der Waals surface area contributed by atoms with Crippen LogP contribution >= 0.6 is 0 Å². The van der Waals surface area contributed by atoms with Crippen molar-refractivity contribution in [2.45, 2.75) is 85.6 Å². The van der Waals surface area contributed by atoms with Gasteiger partial charge in [-0.05, 0) is 41.5 Å². The maximum Gasteiger partial charge on any atom is 0.160 e. The van der Waals surface area contributed by atoms with Crippen LogP contribution in [0.25, 0.3) is 0 Å². The van der Waals surface area contributed by atoms with Crippen molar-refractivity contribution < 1.29 is 28.4 Å². The van der Waals surface area contributed by atoms with Gasteiger partial charge >= 0.3 is 0 Å². The first-order valence-electron chi connectivity index (χ1n) is 9.84. The van der Waals surface area contributed by atoms with E-state index in [1.54, 1.807) is 0 Å². The number of hydrogen-bond donors (Lipinski definition) is 0. The summed E-state index contributed by atoms with van der Waals surface area (Å²) in [5.74, 6) is 0. The van der Waals surface area contributed by atoms with Crippen LogP contribution in [0.15, 0.2) is 0 Å². The predicted molar refractivity (Wildman–Crippen MR) is 98.8 cm³/mol. The molecular weight excluding hydrogens is 324 g/mol. The van der Waals surface area contributed by atoms with Crippen LogP contribution in [-0.4, -0.2) is 64.4 Å². The lowest BCUT2D eigenvalue weighted by Crippen LogP contribution is -2.33. The minimum atomic E-state index is -0.247. The summed E-state index contributed by atoms with van der Waals surface area (Å²) in [5, 5.41) is 0. The smallest absolute Gasteiger partial charge is 0.160 e. The summed E-state index contributed by atoms with van der Waals surface area (Å²) < 4.78 is 34.5. The molecule has 0 amide bonds. The first-order valence-corrected chi connectivity index (χ1v) is 9.84. The fourth-order valence-corrected chi connectivity index (χ4v) is 2.77. The summed E-state index contributed by atoms with van der Waals surface area (Å²) in [4.78, 5) is 0. The van der Waals surface area contributed by atoms with Crippen LogP contribution in [0.5, 0.6) is 0 Å². The molecule has 6 nitrogen and oxygen atoms in total. The van der Waals surface area contributed by atoms with Crippen molar-refractivity contribution in [2.24, 2.45) is 0 Å². The zero-order valence-corrected chi connectivity index (χ0v) is 17.1. The van der Waals surface area contributed by atoms with E-state index in [1.165, 1.54) is 0 Å². The highest BCUT2D eigenvalue weighted by molar-refractivity contribution is 4.70. The molecule has 25 heavy (non-hydrogen) atoms. The molecule has 6 heteroatoms. The van der Waals surface area contributed by atoms with Gasteiger partial charge < -0.3 is 28.4 Å². The van der Waals surface area contributed by atoms with E-state index in [1.807, 2.05) is 41.5 Å². The predicted octanol–water partition coefficient (Wildman–Crippen LogP) is 3.77. The average molecular weight is 365 g/mol. The lowest BCUT2D eigenvalue weighted by molar-refractivity contribution is -0.171. The monoisotopic (exact) mass is 364 g/mol. The molecule has 0 radical (unpaired) electrons. The second-order valence-corrected chi connectivity index (χ2v) is 5.54. The van der Waals surface area contributed by atoms with Gasteiger partial charge in [0.25, 0.3) is 0 Å². The second-order valence-electron chi connectivity index (χ2n) is 5.54. The summed E-state index contributed by atoms with van der Waals surface area (Å²) >= 11 is 0. The fraction of sp³-hybridized carbons (Fsp3) is 1.00. The Kier molecular flexibility index (Phi) is 17.0. The van der Waals surface area contributed by atoms with Crippen molar-refractivity contribution in [3.63, 3.8) is 0 Å². The molecule has 0 rings (SSSR count). The van der Waals surface area contributed by atoms with Crippen molar-refractivity contribution in [3.05, 3.63) is 0 Å². The third-order valence-electron chi connectivity index (χ3n) is 3.65. The maximum absolute atomic E-state index is 5.92. The van der Waals surface area contributed by atoms with Crippen molar-refractivity contribution in [1.29, 1.82) is 0 Å². The molecular formula is C19H40O6. The first-order chi connectivity index (χ1) is 12.1. The molecule has 0 spiro atoms. The zero-order chi connectivity index (χ0) is 18.9. The van der Waals surface area contributed by atoms with Gasteiger partial charge in [-0.1, -0.05) is 0 Å². The quantitative estimate of drug-likeness (QED) is 0.345. The minimum absolute atomic E-state index is 0.00792. The summed E-state index contributed by atoms with van der Waals surface area (Å²) in [5.41, 5.74) is 0. The SMILES string of the molecule is CCOC(CC(CC(OCC)OCC)OCC)CC(OCC)OCC. The summed E-state index contributed by atoms with van der Waals surface area (Å²) in [6, 6.07) is 0. The molecule has 0 heterocycles. The minimum Gasteiger partial charge on any atom is -0.378 e. The van der Waals surface area contributed by atoms with Crippen LogP contribution in [0.2, 0.25) is 0 Å². The van der Waals surface area contributed by atoms with Gasteiger partial charge in [-0.25, -0.2) is 0 Å². The molecule has 0 aromatic heterocycles. The lowest BCUT2D eigenvalue weighted by atomic mass is 10.1. The van der Waals surface area contributed by atoms with Gasteiger partial charge in [-0.2, -0.15) is 0 Å². The van der Waals surface area contributed by atoms with Crippen LogP contribution in [0.4, 0.5) is 0 Å². The normalized spacial score (nSPS) is 14.4. The molecule has 0 N–H and O–H groups in total. The molecule has 0 aliphatic rings. The molecule has 0 fully saturated rings. The second kappa shape index (κ2) is 17.2. The molecule has 152 valence electrons. The zero-order valence-electron chi connectivity index (χ0n) is 17.1. The van der Waals surface area contributed by atoms with Crippen molar-refractivity contribution in [2.75, 3.05) is 39.6 Å². The molecule has 0 aliphatic heterocycles. The fourth-order valence-electron chi connectivity index (χ4n) is 2.77. The van der Waals surface area contributed by atoms with E-state index in [-0.39, 0.29) is 24.8 Å². The maximum atomic E-state index is 5.92. The van der Waals surface area contributed by atoms with Crippen LogP contribution in [0.1, 0.15) is 60.8 Å². The van der Waals surface area contributed by atoms with Gasteiger partial charge in [0.15, 0.2) is 12.6 Å². The molecule has 0 aliphatic carbocycles. The average Bonchev–Trinajstić information content (AvgIpc) is 2.56. The van der Waals surface area contributed by atoms with Gasteiger partial charge in [0, 0.05) is 58.9 Å². The van der Waals surface area contributed by atoms with Crippen LogP contribution in [-0.2, 0) is 28.4 Å². The number of ether oxygens (including phenoxy) is 6. The summed E-state index contributed by atoms with van der Waals surface area (Å²) in [6.45, 7) is 15.7. The molecule has 2 unspecified atom stereocenters. The van der Waals surface area contributed by atoms with E-state index in [0.717, 1.165) is 6.42 Å². The van der Waals surface area contributed by atoms with Gasteiger partial charge in [0.05, 0.1) is 12.2 Å². The Balaban J connectivity index is 4.78. The van der Waals surface area contributed by atoms with E-state index < -0.39 is 0 Å². The Hall–Kier alpha value is -0.240. The first kappa shape index (κ1) is 24.8. The van der Waals surface area contributed by atoms with Gasteiger partial charge in [-0.3, -0.25) is 0 Å². The topological polar surface area (TPSA) is 55.4 Å². The lowest BCUT2D eigenvalue weighted by Gasteiger charge is -2.28. The molecule has 0 aromatic rings. The van der Waals surface area contributed by atoms with Gasteiger partial charge in [0.2, 0.25) is 0 Å². The number of hydrogen-bond acceptors (Lipinski definition) is 6. The Bertz CT molecular complexity index is 239. The standard InChI is InChI=1S/C19H40O6/c1-7-20-16(14-18(22-9-3)23-10-4)13-17(21-8-2)15-19(24-11-5)25-12-6/h16-19H,7-15H2,1-6H3. The Morgan fingerprint density at radius 1 is 0.400 bits per heavy atom. The highest BCUT2D eigenvalue weighted by atomic mass is 16.7. The molecule has 0 aromatic carbocycles. The van der Waals surface area contributed by atoms with E-state index in [0.29, 0.717) is 52.5 Å². The largest absolute Gasteiger partial charge is 0.378 e. The van der Waals surface area contributed by atoms with Crippen molar-refractivity contribution in [3.8, 4) is 0 Å². The van der Waals surface area contributed by atoms with Gasteiger partial charge in [0.1, 0.15) is 0 Å². The van der Waals surface area contributed by atoms with Crippen molar-refractivity contribution >= 4 is 0 Å². The van der Waals surface area contributed by atoms with Crippen molar-refractivity contribution in [1.82, 2.24) is 0 Å². The van der Waals surface area contributed by atoms with E-state index in [4.69, 9.17) is 28.4 Å². The third kappa shape index (κ3) is 12.7. The molecule has 2 atom stereocenters. The molecule has 0 saturated heterocycles. The van der Waals surface area contributed by atoms with Crippen LogP contribution in [0, 0.1) is 0 Å². The summed E-state index contributed by atoms with van der Waals surface area (Å²) in [6.07, 6.45) is 1.66. The Labute approximate surface area is 154 Å². The van der Waals surface area contributed by atoms with Crippen LogP contribution in [0.3, 0.4) is 0 Å². The Morgan fingerprint density at radius 3 is 0.920 bits per heavy atom.